The summed E-state index contributed by atoms with van der Waals surface area (Å²) in [5.41, 5.74) is 0. The zero-order valence-electron chi connectivity index (χ0n) is 11.2. The molecule has 0 aliphatic rings. The van der Waals surface area contributed by atoms with Crippen LogP contribution in [0.4, 0.5) is 0 Å². The zero-order chi connectivity index (χ0) is 12.9. The highest BCUT2D eigenvalue weighted by molar-refractivity contribution is 5.79. The lowest BCUT2D eigenvalue weighted by Crippen LogP contribution is -2.38. The highest BCUT2D eigenvalue weighted by Crippen LogP contribution is 1.95. The summed E-state index contributed by atoms with van der Waals surface area (Å²) < 4.78 is 4.57. The van der Waals surface area contributed by atoms with Gasteiger partial charge in [0.25, 0.3) is 0 Å². The van der Waals surface area contributed by atoms with Gasteiger partial charge in [-0.15, -0.1) is 0 Å². The lowest BCUT2D eigenvalue weighted by molar-refractivity contribution is -0.140. The summed E-state index contributed by atoms with van der Waals surface area (Å²) in [7, 11) is 3.18. The van der Waals surface area contributed by atoms with Gasteiger partial charge in [-0.05, 0) is 19.3 Å². The molecule has 0 unspecified atom stereocenters. The van der Waals surface area contributed by atoms with E-state index in [1.165, 1.54) is 13.5 Å². The fourth-order valence-electron chi connectivity index (χ4n) is 1.31. The van der Waals surface area contributed by atoms with Crippen molar-refractivity contribution in [3.05, 3.63) is 0 Å². The molecule has 5 nitrogen and oxygen atoms in total. The highest BCUT2D eigenvalue weighted by Gasteiger charge is 2.00. The summed E-state index contributed by atoms with van der Waals surface area (Å²) in [6, 6.07) is 0. The third-order valence-electron chi connectivity index (χ3n) is 2.37. The van der Waals surface area contributed by atoms with Crippen LogP contribution in [-0.2, 0) is 9.53 Å². The largest absolute Gasteiger partial charge is 0.469 e. The quantitative estimate of drug-likeness (QED) is 0.292. The normalized spacial score (nSPS) is 11.1. The van der Waals surface area contributed by atoms with Crippen molar-refractivity contribution in [2.75, 3.05) is 27.2 Å². The van der Waals surface area contributed by atoms with E-state index in [4.69, 9.17) is 0 Å². The number of nitrogens with zero attached hydrogens (tertiary/aromatic N) is 1. The molecule has 0 aliphatic carbocycles. The summed E-state index contributed by atoms with van der Waals surface area (Å²) in [4.78, 5) is 15.0. The first-order chi connectivity index (χ1) is 8.24. The van der Waals surface area contributed by atoms with Crippen molar-refractivity contribution >= 4 is 11.9 Å². The van der Waals surface area contributed by atoms with Gasteiger partial charge < -0.3 is 15.4 Å². The maximum atomic E-state index is 10.9. The second-order valence-corrected chi connectivity index (χ2v) is 3.81. The molecule has 0 saturated heterocycles. The molecular formula is C12H25N3O2. The van der Waals surface area contributed by atoms with Gasteiger partial charge in [0, 0.05) is 26.6 Å². The number of hydrogen-bond acceptors (Lipinski definition) is 3. The number of rotatable bonds is 8. The minimum absolute atomic E-state index is 0.143. The molecule has 0 aromatic rings. The number of carbonyl (C=O) groups is 1. The number of methoxy groups -OCH3 is 1. The first kappa shape index (κ1) is 15.7. The van der Waals surface area contributed by atoms with E-state index in [1.807, 2.05) is 0 Å². The Bertz CT molecular complexity index is 230. The van der Waals surface area contributed by atoms with Crippen molar-refractivity contribution in [3.8, 4) is 0 Å². The Morgan fingerprint density at radius 3 is 2.35 bits per heavy atom. The van der Waals surface area contributed by atoms with Gasteiger partial charge in [-0.1, -0.05) is 13.3 Å². The number of nitrogens with one attached hydrogen (secondary N) is 2. The predicted molar refractivity (Wildman–Crippen MR) is 70.1 cm³/mol. The van der Waals surface area contributed by atoms with Crippen molar-refractivity contribution in [2.24, 2.45) is 4.99 Å². The Labute approximate surface area is 104 Å². The number of carbonyl (C=O) groups excluding carboxylic acids is 1. The third-order valence-corrected chi connectivity index (χ3v) is 2.37. The van der Waals surface area contributed by atoms with Crippen LogP contribution in [0.1, 0.15) is 39.0 Å². The first-order valence-corrected chi connectivity index (χ1v) is 6.26. The van der Waals surface area contributed by atoms with Gasteiger partial charge in [-0.3, -0.25) is 9.79 Å². The van der Waals surface area contributed by atoms with Crippen LogP contribution >= 0.6 is 0 Å². The van der Waals surface area contributed by atoms with E-state index in [9.17, 15) is 4.79 Å². The molecule has 0 heterocycles. The van der Waals surface area contributed by atoms with Crippen LogP contribution in [0.15, 0.2) is 4.99 Å². The van der Waals surface area contributed by atoms with Gasteiger partial charge in [0.15, 0.2) is 5.96 Å². The highest BCUT2D eigenvalue weighted by atomic mass is 16.5. The van der Waals surface area contributed by atoms with Crippen LogP contribution in [0.3, 0.4) is 0 Å². The molecule has 0 rings (SSSR count). The third kappa shape index (κ3) is 9.66. The van der Waals surface area contributed by atoms with Gasteiger partial charge in [-0.25, -0.2) is 0 Å². The second-order valence-electron chi connectivity index (χ2n) is 3.81. The first-order valence-electron chi connectivity index (χ1n) is 6.26. The van der Waals surface area contributed by atoms with Crippen molar-refractivity contribution in [1.82, 2.24) is 10.6 Å². The molecule has 0 spiro atoms. The molecule has 0 atom stereocenters. The molecule has 0 aromatic carbocycles. The topological polar surface area (TPSA) is 62.7 Å². The van der Waals surface area contributed by atoms with Gasteiger partial charge >= 0.3 is 5.97 Å². The second kappa shape index (κ2) is 11.2. The van der Waals surface area contributed by atoms with E-state index in [0.29, 0.717) is 6.42 Å². The molecule has 100 valence electrons. The van der Waals surface area contributed by atoms with Crippen LogP contribution in [0.5, 0.6) is 0 Å². The van der Waals surface area contributed by atoms with Gasteiger partial charge in [0.2, 0.25) is 0 Å². The molecule has 2 N–H and O–H groups in total. The smallest absolute Gasteiger partial charge is 0.305 e. The Hall–Kier alpha value is -1.26. The summed E-state index contributed by atoms with van der Waals surface area (Å²) in [5.74, 6) is 0.687. The molecule has 0 fully saturated rings. The Kier molecular flexibility index (Phi) is 10.4. The SMILES string of the molecule is CCCCNC(=NC)NCCCCC(=O)OC. The van der Waals surface area contributed by atoms with E-state index in [-0.39, 0.29) is 5.97 Å². The van der Waals surface area contributed by atoms with E-state index in [1.54, 1.807) is 7.05 Å². The minimum atomic E-state index is -0.143. The average molecular weight is 243 g/mol. The Morgan fingerprint density at radius 1 is 1.18 bits per heavy atom. The summed E-state index contributed by atoms with van der Waals surface area (Å²) >= 11 is 0. The minimum Gasteiger partial charge on any atom is -0.469 e. The number of aliphatic imine (C=N–C) groups is 1. The molecule has 0 radical (unpaired) electrons. The Morgan fingerprint density at radius 2 is 1.82 bits per heavy atom. The van der Waals surface area contributed by atoms with E-state index < -0.39 is 0 Å². The van der Waals surface area contributed by atoms with Gasteiger partial charge in [-0.2, -0.15) is 0 Å². The summed E-state index contributed by atoms with van der Waals surface area (Å²) in [5, 5.41) is 6.44. The predicted octanol–water partition coefficient (Wildman–Crippen LogP) is 1.29. The van der Waals surface area contributed by atoms with Crippen LogP contribution in [0, 0.1) is 0 Å². The average Bonchev–Trinajstić information content (AvgIpc) is 2.36. The number of guanidine groups is 1. The monoisotopic (exact) mass is 243 g/mol. The number of hydrogen-bond donors (Lipinski definition) is 2. The van der Waals surface area contributed by atoms with Crippen LogP contribution in [0.25, 0.3) is 0 Å². The fourth-order valence-corrected chi connectivity index (χ4v) is 1.31. The maximum Gasteiger partial charge on any atom is 0.305 e. The van der Waals surface area contributed by atoms with E-state index in [0.717, 1.165) is 38.3 Å². The van der Waals surface area contributed by atoms with Crippen molar-refractivity contribution in [2.45, 2.75) is 39.0 Å². The lowest BCUT2D eigenvalue weighted by Gasteiger charge is -2.11. The summed E-state index contributed by atoms with van der Waals surface area (Å²) in [6.45, 7) is 3.92. The molecule has 5 heteroatoms. The van der Waals surface area contributed by atoms with Gasteiger partial charge in [0.05, 0.1) is 7.11 Å². The van der Waals surface area contributed by atoms with Crippen LogP contribution in [-0.4, -0.2) is 39.2 Å². The molecule has 0 saturated carbocycles. The number of esters is 1. The number of ether oxygens (including phenoxy) is 1. The summed E-state index contributed by atoms with van der Waals surface area (Å²) in [6.07, 6.45) is 4.57. The number of unbranched alkanes of at least 4 members (excludes halogenated alkanes) is 2. The molecule has 0 aromatic heterocycles. The van der Waals surface area contributed by atoms with E-state index in [2.05, 4.69) is 27.3 Å². The molecule has 0 bridgehead atoms. The lowest BCUT2D eigenvalue weighted by atomic mass is 10.2. The molecule has 0 amide bonds. The van der Waals surface area contributed by atoms with Crippen LogP contribution < -0.4 is 10.6 Å². The Balaban J connectivity index is 3.47. The molecular weight excluding hydrogens is 218 g/mol. The standard InChI is InChI=1S/C12H25N3O2/c1-4-5-9-14-12(13-2)15-10-7-6-8-11(16)17-3/h4-10H2,1-3H3,(H2,13,14,15). The molecule has 17 heavy (non-hydrogen) atoms. The van der Waals surface area contributed by atoms with Crippen molar-refractivity contribution in [3.63, 3.8) is 0 Å². The van der Waals surface area contributed by atoms with Crippen molar-refractivity contribution in [1.29, 1.82) is 0 Å². The van der Waals surface area contributed by atoms with Crippen LogP contribution in [0.2, 0.25) is 0 Å². The van der Waals surface area contributed by atoms with Crippen molar-refractivity contribution < 1.29 is 9.53 Å². The molecule has 0 aliphatic heterocycles. The zero-order valence-corrected chi connectivity index (χ0v) is 11.2. The maximum absolute atomic E-state index is 10.9. The van der Waals surface area contributed by atoms with E-state index >= 15 is 0 Å². The fraction of sp³-hybridized carbons (Fsp3) is 0.833. The van der Waals surface area contributed by atoms with Gasteiger partial charge in [0.1, 0.15) is 0 Å².